The van der Waals surface area contributed by atoms with Gasteiger partial charge in [-0.15, -0.1) is 0 Å². The van der Waals surface area contributed by atoms with E-state index in [2.05, 4.69) is 17.2 Å². The maximum absolute atomic E-state index is 12.9. The van der Waals surface area contributed by atoms with Crippen molar-refractivity contribution in [2.75, 3.05) is 11.9 Å². The maximum Gasteiger partial charge on any atom is 0.416 e. The van der Waals surface area contributed by atoms with Crippen LogP contribution in [-0.4, -0.2) is 17.6 Å². The zero-order chi connectivity index (χ0) is 15.5. The minimum Gasteiger partial charge on any atom is -0.474 e. The summed E-state index contributed by atoms with van der Waals surface area (Å²) in [4.78, 5) is 4.13. The fourth-order valence-corrected chi connectivity index (χ4v) is 2.61. The van der Waals surface area contributed by atoms with Gasteiger partial charge in [-0.25, -0.2) is 0 Å². The lowest BCUT2D eigenvalue weighted by Gasteiger charge is -2.29. The fourth-order valence-electron chi connectivity index (χ4n) is 2.61. The number of aromatic nitrogens is 1. The van der Waals surface area contributed by atoms with Gasteiger partial charge in [0.1, 0.15) is 11.9 Å². The Morgan fingerprint density at radius 1 is 1.29 bits per heavy atom. The van der Waals surface area contributed by atoms with Crippen molar-refractivity contribution in [3.05, 3.63) is 17.7 Å². The standard InChI is InChI=1S/C15H21F3N2O/c1-3-19-13-8-11(15(16,17)18)9-14(20-13)21-12-7-5-4-6-10(12)2/h8-10,12H,3-7H2,1-2H3,(H,19,20). The number of hydrogen-bond acceptors (Lipinski definition) is 3. The van der Waals surface area contributed by atoms with Crippen LogP contribution in [0.15, 0.2) is 12.1 Å². The van der Waals surface area contributed by atoms with Crippen LogP contribution >= 0.6 is 0 Å². The van der Waals surface area contributed by atoms with Crippen LogP contribution in [0.5, 0.6) is 5.88 Å². The molecule has 6 heteroatoms. The van der Waals surface area contributed by atoms with E-state index in [1.54, 1.807) is 0 Å². The van der Waals surface area contributed by atoms with E-state index < -0.39 is 11.7 Å². The van der Waals surface area contributed by atoms with Crippen LogP contribution < -0.4 is 10.1 Å². The van der Waals surface area contributed by atoms with E-state index in [0.29, 0.717) is 12.5 Å². The normalized spacial score (nSPS) is 22.9. The summed E-state index contributed by atoms with van der Waals surface area (Å²) in [6, 6.07) is 2.00. The third-order valence-electron chi connectivity index (χ3n) is 3.79. The predicted octanol–water partition coefficient (Wildman–Crippen LogP) is 4.49. The maximum atomic E-state index is 12.9. The molecule has 1 fully saturated rings. The molecule has 1 saturated carbocycles. The van der Waals surface area contributed by atoms with Crippen LogP contribution in [0.25, 0.3) is 0 Å². The van der Waals surface area contributed by atoms with Gasteiger partial charge in [-0.1, -0.05) is 13.3 Å². The molecule has 0 amide bonds. The van der Waals surface area contributed by atoms with E-state index in [1.165, 1.54) is 0 Å². The van der Waals surface area contributed by atoms with Crippen molar-refractivity contribution in [3.8, 4) is 5.88 Å². The van der Waals surface area contributed by atoms with E-state index in [4.69, 9.17) is 4.74 Å². The summed E-state index contributed by atoms with van der Waals surface area (Å²) >= 11 is 0. The summed E-state index contributed by atoms with van der Waals surface area (Å²) in [7, 11) is 0. The number of nitrogens with zero attached hydrogens (tertiary/aromatic N) is 1. The van der Waals surface area contributed by atoms with E-state index in [0.717, 1.165) is 37.8 Å². The van der Waals surface area contributed by atoms with Crippen molar-refractivity contribution in [2.24, 2.45) is 5.92 Å². The van der Waals surface area contributed by atoms with Crippen molar-refractivity contribution in [3.63, 3.8) is 0 Å². The van der Waals surface area contributed by atoms with Crippen molar-refractivity contribution in [2.45, 2.75) is 51.8 Å². The summed E-state index contributed by atoms with van der Waals surface area (Å²) in [6.45, 7) is 4.39. The lowest BCUT2D eigenvalue weighted by atomic mass is 9.88. The lowest BCUT2D eigenvalue weighted by Crippen LogP contribution is -2.28. The number of nitrogens with one attached hydrogen (secondary N) is 1. The average molecular weight is 302 g/mol. The highest BCUT2D eigenvalue weighted by molar-refractivity contribution is 5.42. The van der Waals surface area contributed by atoms with Gasteiger partial charge in [-0.3, -0.25) is 0 Å². The quantitative estimate of drug-likeness (QED) is 0.890. The van der Waals surface area contributed by atoms with Gasteiger partial charge in [0.2, 0.25) is 5.88 Å². The van der Waals surface area contributed by atoms with E-state index >= 15 is 0 Å². The molecule has 0 spiro atoms. The van der Waals surface area contributed by atoms with Gasteiger partial charge >= 0.3 is 6.18 Å². The fraction of sp³-hybridized carbons (Fsp3) is 0.667. The average Bonchev–Trinajstić information content (AvgIpc) is 2.41. The van der Waals surface area contributed by atoms with Gasteiger partial charge in [0.25, 0.3) is 0 Å². The van der Waals surface area contributed by atoms with Gasteiger partial charge in [0.15, 0.2) is 0 Å². The molecule has 2 atom stereocenters. The van der Waals surface area contributed by atoms with Crippen LogP contribution in [0, 0.1) is 5.92 Å². The number of hydrogen-bond donors (Lipinski definition) is 1. The van der Waals surface area contributed by atoms with Crippen LogP contribution in [0.3, 0.4) is 0 Å². The molecule has 118 valence electrons. The van der Waals surface area contributed by atoms with Gasteiger partial charge in [0.05, 0.1) is 5.56 Å². The van der Waals surface area contributed by atoms with Crippen molar-refractivity contribution < 1.29 is 17.9 Å². The Morgan fingerprint density at radius 3 is 2.62 bits per heavy atom. The van der Waals surface area contributed by atoms with Crippen molar-refractivity contribution in [1.82, 2.24) is 4.98 Å². The number of alkyl halides is 3. The Balaban J connectivity index is 2.22. The number of pyridine rings is 1. The molecular weight excluding hydrogens is 281 g/mol. The van der Waals surface area contributed by atoms with E-state index in [9.17, 15) is 13.2 Å². The topological polar surface area (TPSA) is 34.1 Å². The predicted molar refractivity (Wildman–Crippen MR) is 75.5 cm³/mol. The highest BCUT2D eigenvalue weighted by atomic mass is 19.4. The molecule has 0 aromatic carbocycles. The second-order valence-electron chi connectivity index (χ2n) is 5.53. The molecule has 3 nitrogen and oxygen atoms in total. The largest absolute Gasteiger partial charge is 0.474 e. The summed E-state index contributed by atoms with van der Waals surface area (Å²) in [5.41, 5.74) is -0.730. The molecule has 0 bridgehead atoms. The van der Waals surface area contributed by atoms with Crippen LogP contribution in [-0.2, 0) is 6.18 Å². The first-order chi connectivity index (χ1) is 9.90. The van der Waals surface area contributed by atoms with Crippen LogP contribution in [0.1, 0.15) is 45.1 Å². The van der Waals surface area contributed by atoms with Gasteiger partial charge in [-0.2, -0.15) is 18.2 Å². The zero-order valence-corrected chi connectivity index (χ0v) is 12.3. The van der Waals surface area contributed by atoms with Gasteiger partial charge < -0.3 is 10.1 Å². The third-order valence-corrected chi connectivity index (χ3v) is 3.79. The highest BCUT2D eigenvalue weighted by Crippen LogP contribution is 2.34. The van der Waals surface area contributed by atoms with E-state index in [-0.39, 0.29) is 17.8 Å². The number of ether oxygens (including phenoxy) is 1. The first-order valence-electron chi connectivity index (χ1n) is 7.40. The Bertz CT molecular complexity index is 476. The van der Waals surface area contributed by atoms with Gasteiger partial charge in [-0.05, 0) is 38.2 Å². The molecule has 1 aliphatic rings. The van der Waals surface area contributed by atoms with Gasteiger partial charge in [0, 0.05) is 12.6 Å². The number of anilines is 1. The second-order valence-corrected chi connectivity index (χ2v) is 5.53. The lowest BCUT2D eigenvalue weighted by molar-refractivity contribution is -0.137. The van der Waals surface area contributed by atoms with Crippen molar-refractivity contribution in [1.29, 1.82) is 0 Å². The summed E-state index contributed by atoms with van der Waals surface area (Å²) < 4.78 is 44.5. The molecule has 1 aromatic rings. The minimum atomic E-state index is -4.40. The molecule has 2 rings (SSSR count). The molecule has 21 heavy (non-hydrogen) atoms. The second kappa shape index (κ2) is 6.54. The third kappa shape index (κ3) is 4.25. The Hall–Kier alpha value is -1.46. The highest BCUT2D eigenvalue weighted by Gasteiger charge is 2.32. The van der Waals surface area contributed by atoms with Crippen molar-refractivity contribution >= 4 is 5.82 Å². The Kier molecular flexibility index (Phi) is 4.96. The first-order valence-corrected chi connectivity index (χ1v) is 7.40. The molecule has 0 radical (unpaired) electrons. The molecule has 0 saturated heterocycles. The van der Waals surface area contributed by atoms with E-state index in [1.807, 2.05) is 6.92 Å². The van der Waals surface area contributed by atoms with Crippen LogP contribution in [0.2, 0.25) is 0 Å². The summed E-state index contributed by atoms with van der Waals surface area (Å²) in [5, 5.41) is 2.82. The first kappa shape index (κ1) is 15.9. The Labute approximate surface area is 122 Å². The molecule has 0 aliphatic heterocycles. The molecule has 2 unspecified atom stereocenters. The minimum absolute atomic E-state index is 0.0517. The summed E-state index contributed by atoms with van der Waals surface area (Å²) in [5.74, 6) is 0.600. The SMILES string of the molecule is CCNc1cc(C(F)(F)F)cc(OC2CCCCC2C)n1. The smallest absolute Gasteiger partial charge is 0.416 e. The molecule has 1 aromatic heterocycles. The van der Waals surface area contributed by atoms with Crippen LogP contribution in [0.4, 0.5) is 19.0 Å². The number of rotatable bonds is 4. The monoisotopic (exact) mass is 302 g/mol. The molecule has 1 heterocycles. The molecule has 1 N–H and O–H groups in total. The molecular formula is C15H21F3N2O. The summed E-state index contributed by atoms with van der Waals surface area (Å²) in [6.07, 6.45) is -0.333. The number of halogens is 3. The zero-order valence-electron chi connectivity index (χ0n) is 12.3. The molecule has 1 aliphatic carbocycles. The Morgan fingerprint density at radius 2 is 2.00 bits per heavy atom.